The number of carbonyl (C=O) groups is 1. The number of hydrogen-bond donors (Lipinski definition) is 1. The third kappa shape index (κ3) is 4.64. The van der Waals surface area contributed by atoms with Crippen molar-refractivity contribution in [3.05, 3.63) is 24.5 Å². The van der Waals surface area contributed by atoms with Crippen molar-refractivity contribution in [1.29, 1.82) is 0 Å². The van der Waals surface area contributed by atoms with Crippen molar-refractivity contribution in [2.45, 2.75) is 25.8 Å². The lowest BCUT2D eigenvalue weighted by Gasteiger charge is -2.30. The summed E-state index contributed by atoms with van der Waals surface area (Å²) in [5, 5.41) is 3.36. The van der Waals surface area contributed by atoms with Gasteiger partial charge >= 0.3 is 0 Å². The summed E-state index contributed by atoms with van der Waals surface area (Å²) in [5.74, 6) is 0.336. The number of pyridine rings is 1. The lowest BCUT2D eigenvalue weighted by molar-refractivity contribution is -0.123. The maximum atomic E-state index is 12.3. The molecule has 2 atom stereocenters. The van der Waals surface area contributed by atoms with Crippen LogP contribution in [-0.4, -0.2) is 30.5 Å². The third-order valence-corrected chi connectivity index (χ3v) is 3.34. The summed E-state index contributed by atoms with van der Waals surface area (Å²) in [4.78, 5) is 18.1. The number of halogens is 2. The van der Waals surface area contributed by atoms with Crippen LogP contribution in [0.4, 0.5) is 5.69 Å². The second kappa shape index (κ2) is 8.35. The maximum absolute atomic E-state index is 12.3. The predicted octanol–water partition coefficient (Wildman–Crippen LogP) is 2.28. The van der Waals surface area contributed by atoms with Crippen molar-refractivity contribution in [2.24, 2.45) is 5.92 Å². The van der Waals surface area contributed by atoms with Crippen LogP contribution in [0.25, 0.3) is 0 Å². The van der Waals surface area contributed by atoms with Crippen molar-refractivity contribution in [3.8, 4) is 0 Å². The van der Waals surface area contributed by atoms with Crippen molar-refractivity contribution in [1.82, 2.24) is 10.3 Å². The Bertz CT molecular complexity index is 389. The molecule has 0 saturated carbocycles. The van der Waals surface area contributed by atoms with Crippen LogP contribution in [0.15, 0.2) is 24.5 Å². The van der Waals surface area contributed by atoms with E-state index in [1.165, 1.54) is 0 Å². The summed E-state index contributed by atoms with van der Waals surface area (Å²) in [5.41, 5.74) is 0.865. The van der Waals surface area contributed by atoms with Gasteiger partial charge in [-0.15, -0.1) is 24.8 Å². The molecule has 1 aromatic rings. The van der Waals surface area contributed by atoms with Gasteiger partial charge < -0.3 is 10.2 Å². The second-order valence-electron chi connectivity index (χ2n) is 4.68. The molecule has 1 aliphatic rings. The number of carbonyl (C=O) groups excluding carboxylic acids is 1. The molecule has 0 aliphatic carbocycles. The Labute approximate surface area is 126 Å². The van der Waals surface area contributed by atoms with Crippen LogP contribution >= 0.6 is 24.8 Å². The SMILES string of the molecule is C[C@H]1C[C@@H](C(=O)N(C)c2cccnc2)CCN1.Cl.Cl. The highest BCUT2D eigenvalue weighted by molar-refractivity contribution is 5.94. The van der Waals surface area contributed by atoms with Crippen molar-refractivity contribution in [2.75, 3.05) is 18.5 Å². The number of aromatic nitrogens is 1. The molecule has 1 aliphatic heterocycles. The predicted molar refractivity (Wildman–Crippen MR) is 82.3 cm³/mol. The van der Waals surface area contributed by atoms with E-state index in [1.54, 1.807) is 17.3 Å². The van der Waals surface area contributed by atoms with Gasteiger partial charge in [0, 0.05) is 25.2 Å². The zero-order valence-corrected chi connectivity index (χ0v) is 12.8. The Kier molecular flexibility index (Phi) is 7.99. The lowest BCUT2D eigenvalue weighted by Crippen LogP contribution is -2.43. The Morgan fingerprint density at radius 1 is 1.47 bits per heavy atom. The van der Waals surface area contributed by atoms with Crippen LogP contribution in [0.5, 0.6) is 0 Å². The molecule has 4 nitrogen and oxygen atoms in total. The average molecular weight is 306 g/mol. The molecule has 0 aromatic carbocycles. The van der Waals surface area contributed by atoms with E-state index in [0.29, 0.717) is 6.04 Å². The van der Waals surface area contributed by atoms with E-state index in [0.717, 1.165) is 25.1 Å². The molecule has 0 unspecified atom stereocenters. The molecule has 1 amide bonds. The summed E-state index contributed by atoms with van der Waals surface area (Å²) in [6, 6.07) is 4.19. The van der Waals surface area contributed by atoms with E-state index >= 15 is 0 Å². The fraction of sp³-hybridized carbons (Fsp3) is 0.538. The largest absolute Gasteiger partial charge is 0.314 e. The molecule has 19 heavy (non-hydrogen) atoms. The number of anilines is 1. The molecule has 0 radical (unpaired) electrons. The van der Waals surface area contributed by atoms with Gasteiger partial charge in [-0.3, -0.25) is 9.78 Å². The average Bonchev–Trinajstić information content (AvgIpc) is 2.38. The molecule has 0 bridgehead atoms. The number of amides is 1. The molecule has 2 heterocycles. The first-order valence-electron chi connectivity index (χ1n) is 6.09. The summed E-state index contributed by atoms with van der Waals surface area (Å²) in [7, 11) is 1.83. The molecule has 1 saturated heterocycles. The Balaban J connectivity index is 0.00000162. The molecular weight excluding hydrogens is 285 g/mol. The minimum atomic E-state index is 0. The zero-order valence-electron chi connectivity index (χ0n) is 11.2. The minimum Gasteiger partial charge on any atom is -0.314 e. The first kappa shape index (κ1) is 18.2. The summed E-state index contributed by atoms with van der Waals surface area (Å²) >= 11 is 0. The summed E-state index contributed by atoms with van der Waals surface area (Å²) < 4.78 is 0. The zero-order chi connectivity index (χ0) is 12.3. The normalized spacial score (nSPS) is 21.8. The number of piperidine rings is 1. The number of nitrogens with one attached hydrogen (secondary N) is 1. The van der Waals surface area contributed by atoms with Gasteiger partial charge in [-0.25, -0.2) is 0 Å². The van der Waals surface area contributed by atoms with E-state index < -0.39 is 0 Å². The Hall–Kier alpha value is -0.840. The van der Waals surface area contributed by atoms with Crippen molar-refractivity contribution >= 4 is 36.4 Å². The van der Waals surface area contributed by atoms with Crippen molar-refractivity contribution < 1.29 is 4.79 Å². The Morgan fingerprint density at radius 2 is 2.21 bits per heavy atom. The maximum Gasteiger partial charge on any atom is 0.229 e. The first-order valence-corrected chi connectivity index (χ1v) is 6.09. The van der Waals surface area contributed by atoms with Gasteiger partial charge in [0.05, 0.1) is 11.9 Å². The summed E-state index contributed by atoms with van der Waals surface area (Å²) in [6.07, 6.45) is 5.29. The molecule has 1 N–H and O–H groups in total. The van der Waals surface area contributed by atoms with E-state index in [2.05, 4.69) is 17.2 Å². The van der Waals surface area contributed by atoms with Crippen LogP contribution < -0.4 is 10.2 Å². The highest BCUT2D eigenvalue weighted by Gasteiger charge is 2.27. The van der Waals surface area contributed by atoms with Gasteiger partial charge in [-0.2, -0.15) is 0 Å². The standard InChI is InChI=1S/C13H19N3O.2ClH/c1-10-8-11(5-7-15-10)13(17)16(2)12-4-3-6-14-9-12;;/h3-4,6,9-11,15H,5,7-8H2,1-2H3;2*1H/t10-,11-;;/m0../s1. The fourth-order valence-electron chi connectivity index (χ4n) is 2.31. The highest BCUT2D eigenvalue weighted by atomic mass is 35.5. The highest BCUT2D eigenvalue weighted by Crippen LogP contribution is 2.21. The van der Waals surface area contributed by atoms with E-state index in [1.807, 2.05) is 19.2 Å². The van der Waals surface area contributed by atoms with Crippen LogP contribution in [0, 0.1) is 5.92 Å². The molecule has 108 valence electrons. The van der Waals surface area contributed by atoms with Gasteiger partial charge in [-0.05, 0) is 38.4 Å². The van der Waals surface area contributed by atoms with E-state index in [9.17, 15) is 4.79 Å². The fourth-order valence-corrected chi connectivity index (χ4v) is 2.31. The summed E-state index contributed by atoms with van der Waals surface area (Å²) in [6.45, 7) is 3.06. The number of hydrogen-bond acceptors (Lipinski definition) is 3. The van der Waals surface area contributed by atoms with Gasteiger partial charge in [0.25, 0.3) is 0 Å². The van der Waals surface area contributed by atoms with Gasteiger partial charge in [0.1, 0.15) is 0 Å². The molecular formula is C13H21Cl2N3O. The van der Waals surface area contributed by atoms with Crippen LogP contribution in [0.1, 0.15) is 19.8 Å². The Morgan fingerprint density at radius 3 is 2.79 bits per heavy atom. The molecule has 6 heteroatoms. The minimum absolute atomic E-state index is 0. The number of nitrogens with zero attached hydrogens (tertiary/aromatic N) is 2. The molecule has 1 aromatic heterocycles. The lowest BCUT2D eigenvalue weighted by atomic mass is 9.92. The smallest absolute Gasteiger partial charge is 0.229 e. The van der Waals surface area contributed by atoms with Gasteiger partial charge in [0.15, 0.2) is 0 Å². The number of rotatable bonds is 2. The molecule has 2 rings (SSSR count). The molecule has 0 spiro atoms. The van der Waals surface area contributed by atoms with Gasteiger partial charge in [0.2, 0.25) is 5.91 Å². The quantitative estimate of drug-likeness (QED) is 0.912. The van der Waals surface area contributed by atoms with Crippen LogP contribution in [-0.2, 0) is 4.79 Å². The first-order chi connectivity index (χ1) is 8.18. The third-order valence-electron chi connectivity index (χ3n) is 3.34. The van der Waals surface area contributed by atoms with Crippen molar-refractivity contribution in [3.63, 3.8) is 0 Å². The monoisotopic (exact) mass is 305 g/mol. The topological polar surface area (TPSA) is 45.2 Å². The molecule has 1 fully saturated rings. The van der Waals surface area contributed by atoms with E-state index in [4.69, 9.17) is 0 Å². The second-order valence-corrected chi connectivity index (χ2v) is 4.68. The van der Waals surface area contributed by atoms with Crippen LogP contribution in [0.2, 0.25) is 0 Å². The van der Waals surface area contributed by atoms with Crippen LogP contribution in [0.3, 0.4) is 0 Å². The van der Waals surface area contributed by atoms with E-state index in [-0.39, 0.29) is 36.6 Å². The van der Waals surface area contributed by atoms with Gasteiger partial charge in [-0.1, -0.05) is 0 Å².